The topological polar surface area (TPSA) is 95.6 Å². The van der Waals surface area contributed by atoms with E-state index in [0.29, 0.717) is 37.4 Å². The quantitative estimate of drug-likeness (QED) is 0.734. The molecule has 0 spiro atoms. The second-order valence-corrected chi connectivity index (χ2v) is 7.49. The smallest absolute Gasteiger partial charge is 0.225 e. The molecular weight excluding hydrogens is 318 g/mol. The number of nitrogens with one attached hydrogen (secondary N) is 2. The van der Waals surface area contributed by atoms with Crippen LogP contribution in [0.5, 0.6) is 0 Å². The van der Waals surface area contributed by atoms with Crippen LogP contribution in [0.3, 0.4) is 0 Å². The standard InChI is InChI=1S/C15H21N3O4S/c1-12(19)13-3-2-4-14(11-13)17-15(20)5-10-23(21,22)18-8-6-16-7-9-18/h2-4,11,16H,5-10H2,1H3,(H,17,20). The van der Waals surface area contributed by atoms with Gasteiger partial charge < -0.3 is 10.6 Å². The SMILES string of the molecule is CC(=O)c1cccc(NC(=O)CCS(=O)(=O)N2CCNCC2)c1. The molecule has 0 bridgehead atoms. The summed E-state index contributed by atoms with van der Waals surface area (Å²) in [4.78, 5) is 23.2. The minimum Gasteiger partial charge on any atom is -0.326 e. The van der Waals surface area contributed by atoms with Crippen molar-refractivity contribution in [3.63, 3.8) is 0 Å². The Morgan fingerprint density at radius 2 is 1.96 bits per heavy atom. The van der Waals surface area contributed by atoms with E-state index in [0.717, 1.165) is 0 Å². The van der Waals surface area contributed by atoms with Gasteiger partial charge in [0.1, 0.15) is 0 Å². The third kappa shape index (κ3) is 5.12. The van der Waals surface area contributed by atoms with Crippen LogP contribution < -0.4 is 10.6 Å². The molecule has 0 aromatic heterocycles. The summed E-state index contributed by atoms with van der Waals surface area (Å²) in [6.45, 7) is 3.57. The second kappa shape index (κ2) is 7.67. The molecule has 8 heteroatoms. The Morgan fingerprint density at radius 3 is 2.61 bits per heavy atom. The maximum Gasteiger partial charge on any atom is 0.225 e. The van der Waals surface area contributed by atoms with Crippen molar-refractivity contribution in [1.82, 2.24) is 9.62 Å². The van der Waals surface area contributed by atoms with E-state index in [-0.39, 0.29) is 23.9 Å². The van der Waals surface area contributed by atoms with Gasteiger partial charge in [0.15, 0.2) is 5.78 Å². The van der Waals surface area contributed by atoms with E-state index in [1.807, 2.05) is 0 Å². The van der Waals surface area contributed by atoms with Crippen LogP contribution in [0.15, 0.2) is 24.3 Å². The van der Waals surface area contributed by atoms with Crippen molar-refractivity contribution >= 4 is 27.4 Å². The van der Waals surface area contributed by atoms with Crippen molar-refractivity contribution < 1.29 is 18.0 Å². The lowest BCUT2D eigenvalue weighted by molar-refractivity contribution is -0.115. The van der Waals surface area contributed by atoms with Crippen LogP contribution in [0, 0.1) is 0 Å². The largest absolute Gasteiger partial charge is 0.326 e. The van der Waals surface area contributed by atoms with Crippen molar-refractivity contribution in [1.29, 1.82) is 0 Å². The van der Waals surface area contributed by atoms with Gasteiger partial charge in [0.2, 0.25) is 15.9 Å². The van der Waals surface area contributed by atoms with Gasteiger partial charge in [0, 0.05) is 43.9 Å². The first-order valence-electron chi connectivity index (χ1n) is 7.48. The van der Waals surface area contributed by atoms with E-state index in [4.69, 9.17) is 0 Å². The summed E-state index contributed by atoms with van der Waals surface area (Å²) >= 11 is 0. The molecule has 0 atom stereocenters. The molecule has 1 saturated heterocycles. The van der Waals surface area contributed by atoms with Crippen LogP contribution in [-0.4, -0.2) is 56.3 Å². The van der Waals surface area contributed by atoms with Gasteiger partial charge in [-0.1, -0.05) is 12.1 Å². The summed E-state index contributed by atoms with van der Waals surface area (Å²) in [6.07, 6.45) is -0.115. The van der Waals surface area contributed by atoms with Crippen molar-refractivity contribution in [2.45, 2.75) is 13.3 Å². The van der Waals surface area contributed by atoms with Gasteiger partial charge in [-0.25, -0.2) is 8.42 Å². The molecule has 0 saturated carbocycles. The average Bonchev–Trinajstić information content (AvgIpc) is 2.54. The number of ketones is 1. The van der Waals surface area contributed by atoms with Crippen molar-refractivity contribution in [3.8, 4) is 0 Å². The normalized spacial score (nSPS) is 16.0. The summed E-state index contributed by atoms with van der Waals surface area (Å²) in [5.74, 6) is -0.697. The highest BCUT2D eigenvalue weighted by Crippen LogP contribution is 2.12. The number of anilines is 1. The molecule has 1 heterocycles. The van der Waals surface area contributed by atoms with Crippen LogP contribution in [0.1, 0.15) is 23.7 Å². The molecule has 0 aliphatic carbocycles. The summed E-state index contributed by atoms with van der Waals surface area (Å²) < 4.78 is 25.7. The molecule has 1 aliphatic rings. The van der Waals surface area contributed by atoms with E-state index >= 15 is 0 Å². The number of piperazine rings is 1. The zero-order valence-corrected chi connectivity index (χ0v) is 13.9. The van der Waals surface area contributed by atoms with Crippen molar-refractivity contribution in [2.75, 3.05) is 37.2 Å². The fraction of sp³-hybridized carbons (Fsp3) is 0.467. The average molecular weight is 339 g/mol. The van der Waals surface area contributed by atoms with Gasteiger partial charge >= 0.3 is 0 Å². The van der Waals surface area contributed by atoms with Crippen LogP contribution in [-0.2, 0) is 14.8 Å². The highest BCUT2D eigenvalue weighted by atomic mass is 32.2. The predicted octanol–water partition coefficient (Wildman–Crippen LogP) is 0.453. The van der Waals surface area contributed by atoms with Gasteiger partial charge in [-0.2, -0.15) is 4.31 Å². The number of rotatable bonds is 6. The molecule has 1 aromatic carbocycles. The summed E-state index contributed by atoms with van der Waals surface area (Å²) in [5, 5.41) is 5.71. The minimum atomic E-state index is -3.41. The number of nitrogens with zero attached hydrogens (tertiary/aromatic N) is 1. The first kappa shape index (κ1) is 17.6. The summed E-state index contributed by atoms with van der Waals surface area (Å²) in [7, 11) is -3.41. The molecule has 2 rings (SSSR count). The van der Waals surface area contributed by atoms with Crippen LogP contribution >= 0.6 is 0 Å². The fourth-order valence-electron chi connectivity index (χ4n) is 2.31. The Balaban J connectivity index is 1.89. The first-order chi connectivity index (χ1) is 10.9. The molecule has 23 heavy (non-hydrogen) atoms. The summed E-state index contributed by atoms with van der Waals surface area (Å²) in [5.41, 5.74) is 0.985. The van der Waals surface area contributed by atoms with E-state index in [1.165, 1.54) is 11.2 Å². The maximum absolute atomic E-state index is 12.2. The number of Topliss-reactive ketones (excluding diaryl/α,β-unsaturated/α-hetero) is 1. The Hall–Kier alpha value is -1.77. The van der Waals surface area contributed by atoms with Gasteiger partial charge in [-0.3, -0.25) is 9.59 Å². The molecule has 2 N–H and O–H groups in total. The minimum absolute atomic E-state index is 0.0950. The molecule has 1 aromatic rings. The Bertz CT molecular complexity index is 682. The number of hydrogen-bond donors (Lipinski definition) is 2. The molecule has 7 nitrogen and oxygen atoms in total. The number of sulfonamides is 1. The van der Waals surface area contributed by atoms with E-state index in [9.17, 15) is 18.0 Å². The third-order valence-corrected chi connectivity index (χ3v) is 5.48. The molecule has 1 fully saturated rings. The van der Waals surface area contributed by atoms with E-state index in [2.05, 4.69) is 10.6 Å². The summed E-state index contributed by atoms with van der Waals surface area (Å²) in [6, 6.07) is 6.57. The van der Waals surface area contributed by atoms with E-state index in [1.54, 1.807) is 24.3 Å². The fourth-order valence-corrected chi connectivity index (χ4v) is 3.75. The van der Waals surface area contributed by atoms with Gasteiger partial charge in [-0.15, -0.1) is 0 Å². The molecule has 126 valence electrons. The molecule has 1 aliphatic heterocycles. The molecule has 1 amide bonds. The molecule has 0 unspecified atom stereocenters. The van der Waals surface area contributed by atoms with E-state index < -0.39 is 10.0 Å². The lowest BCUT2D eigenvalue weighted by Crippen LogP contribution is -2.47. The zero-order chi connectivity index (χ0) is 16.9. The van der Waals surface area contributed by atoms with Crippen LogP contribution in [0.2, 0.25) is 0 Å². The lowest BCUT2D eigenvalue weighted by Gasteiger charge is -2.26. The monoisotopic (exact) mass is 339 g/mol. The number of benzene rings is 1. The number of amides is 1. The van der Waals surface area contributed by atoms with Crippen molar-refractivity contribution in [3.05, 3.63) is 29.8 Å². The second-order valence-electron chi connectivity index (χ2n) is 5.40. The van der Waals surface area contributed by atoms with Crippen LogP contribution in [0.4, 0.5) is 5.69 Å². The third-order valence-electron chi connectivity index (χ3n) is 3.61. The Kier molecular flexibility index (Phi) is 5.86. The number of carbonyl (C=O) groups is 2. The van der Waals surface area contributed by atoms with Crippen LogP contribution in [0.25, 0.3) is 0 Å². The predicted molar refractivity (Wildman–Crippen MR) is 87.9 cm³/mol. The Labute approximate surface area is 136 Å². The Morgan fingerprint density at radius 1 is 1.26 bits per heavy atom. The number of carbonyl (C=O) groups excluding carboxylic acids is 2. The molecular formula is C15H21N3O4S. The van der Waals surface area contributed by atoms with Gasteiger partial charge in [0.25, 0.3) is 0 Å². The van der Waals surface area contributed by atoms with Gasteiger partial charge in [-0.05, 0) is 19.1 Å². The maximum atomic E-state index is 12.2. The van der Waals surface area contributed by atoms with Crippen molar-refractivity contribution in [2.24, 2.45) is 0 Å². The lowest BCUT2D eigenvalue weighted by atomic mass is 10.1. The zero-order valence-electron chi connectivity index (χ0n) is 13.0. The highest BCUT2D eigenvalue weighted by molar-refractivity contribution is 7.89. The van der Waals surface area contributed by atoms with Gasteiger partial charge in [0.05, 0.1) is 5.75 Å². The first-order valence-corrected chi connectivity index (χ1v) is 9.09. The highest BCUT2D eigenvalue weighted by Gasteiger charge is 2.24. The number of hydrogen-bond acceptors (Lipinski definition) is 5. The molecule has 0 radical (unpaired) electrons.